The van der Waals surface area contributed by atoms with Crippen LogP contribution in [0.4, 0.5) is 16.0 Å². The summed E-state index contributed by atoms with van der Waals surface area (Å²) in [5.74, 6) is 0.755. The number of anilines is 2. The monoisotopic (exact) mass is 508 g/mol. The lowest BCUT2D eigenvalue weighted by Crippen LogP contribution is -2.33. The smallest absolute Gasteiger partial charge is 0.228 e. The molecule has 11 heteroatoms. The van der Waals surface area contributed by atoms with Crippen molar-refractivity contribution in [2.75, 3.05) is 44.7 Å². The van der Waals surface area contributed by atoms with Gasteiger partial charge < -0.3 is 19.5 Å². The number of imidazole rings is 1. The highest BCUT2D eigenvalue weighted by atomic mass is 19.1. The van der Waals surface area contributed by atoms with Crippen LogP contribution >= 0.6 is 0 Å². The minimum Gasteiger partial charge on any atom is -0.381 e. The second kappa shape index (κ2) is 11.3. The fourth-order valence-electron chi connectivity index (χ4n) is 5.03. The number of aryl methyl sites for hydroxylation is 1. The summed E-state index contributed by atoms with van der Waals surface area (Å²) in [7, 11) is 0. The average Bonchev–Trinajstić information content (AvgIpc) is 3.12. The standard InChI is InChI=1S/C26H33FN8O2/c1-18-28-16-24(35(18)22-6-12-37-13-7-22)25-23(27)15-30-26(32-25)31-20-4-5-21(29-14-20)17-33-8-3-9-34(11-10-33)19(2)36/h4-5,14-16,22H,3,6-13,17H2,1-2H3,(H,30,31,32). The molecule has 0 saturated carbocycles. The van der Waals surface area contributed by atoms with Crippen molar-refractivity contribution in [3.8, 4) is 11.4 Å². The van der Waals surface area contributed by atoms with Crippen LogP contribution in [0, 0.1) is 12.7 Å². The lowest BCUT2D eigenvalue weighted by molar-refractivity contribution is -0.128. The summed E-state index contributed by atoms with van der Waals surface area (Å²) in [4.78, 5) is 33.5. The van der Waals surface area contributed by atoms with Crippen molar-refractivity contribution in [2.45, 2.75) is 45.7 Å². The van der Waals surface area contributed by atoms with Crippen molar-refractivity contribution in [1.82, 2.24) is 34.3 Å². The Labute approximate surface area is 215 Å². The molecule has 196 valence electrons. The largest absolute Gasteiger partial charge is 0.381 e. The summed E-state index contributed by atoms with van der Waals surface area (Å²) >= 11 is 0. The summed E-state index contributed by atoms with van der Waals surface area (Å²) in [6.07, 6.45) is 7.26. The second-order valence-electron chi connectivity index (χ2n) is 9.59. The number of carbonyl (C=O) groups is 1. The zero-order valence-corrected chi connectivity index (χ0v) is 21.4. The van der Waals surface area contributed by atoms with E-state index in [2.05, 4.69) is 34.7 Å². The van der Waals surface area contributed by atoms with Crippen LogP contribution in [-0.2, 0) is 16.1 Å². The van der Waals surface area contributed by atoms with E-state index in [1.54, 1.807) is 19.3 Å². The number of ether oxygens (including phenoxy) is 1. The summed E-state index contributed by atoms with van der Waals surface area (Å²) in [5.41, 5.74) is 2.52. The van der Waals surface area contributed by atoms with Gasteiger partial charge in [-0.1, -0.05) is 0 Å². The molecule has 5 heterocycles. The first-order valence-corrected chi connectivity index (χ1v) is 12.8. The van der Waals surface area contributed by atoms with Crippen LogP contribution in [-0.4, -0.2) is 79.6 Å². The van der Waals surface area contributed by atoms with Gasteiger partial charge in [-0.2, -0.15) is 0 Å². The first-order valence-electron chi connectivity index (χ1n) is 12.8. The predicted molar refractivity (Wildman–Crippen MR) is 137 cm³/mol. The van der Waals surface area contributed by atoms with E-state index >= 15 is 0 Å². The van der Waals surface area contributed by atoms with Crippen LogP contribution in [0.25, 0.3) is 11.4 Å². The number of rotatable bonds is 6. The van der Waals surface area contributed by atoms with Gasteiger partial charge in [-0.3, -0.25) is 14.7 Å². The zero-order chi connectivity index (χ0) is 25.8. The van der Waals surface area contributed by atoms with E-state index in [4.69, 9.17) is 4.74 Å². The molecule has 3 aromatic heterocycles. The summed E-state index contributed by atoms with van der Waals surface area (Å²) in [5, 5.41) is 3.15. The maximum absolute atomic E-state index is 14.9. The Bertz CT molecular complexity index is 1230. The molecule has 2 fully saturated rings. The first kappa shape index (κ1) is 25.2. The van der Waals surface area contributed by atoms with E-state index in [1.807, 2.05) is 24.0 Å². The lowest BCUT2D eigenvalue weighted by Gasteiger charge is -2.26. The molecule has 0 radical (unpaired) electrons. The van der Waals surface area contributed by atoms with Gasteiger partial charge >= 0.3 is 0 Å². The first-order chi connectivity index (χ1) is 18.0. The molecule has 2 aliphatic heterocycles. The molecular formula is C26H33FN8O2. The molecule has 0 unspecified atom stereocenters. The third kappa shape index (κ3) is 5.94. The minimum atomic E-state index is -0.493. The van der Waals surface area contributed by atoms with Crippen LogP contribution in [0.5, 0.6) is 0 Å². The van der Waals surface area contributed by atoms with Gasteiger partial charge in [-0.25, -0.2) is 19.3 Å². The van der Waals surface area contributed by atoms with Crippen molar-refractivity contribution in [1.29, 1.82) is 0 Å². The summed E-state index contributed by atoms with van der Waals surface area (Å²) in [6.45, 7) is 8.94. The number of pyridine rings is 1. The maximum atomic E-state index is 14.9. The molecule has 2 aliphatic rings. The topological polar surface area (TPSA) is 101 Å². The molecule has 2 saturated heterocycles. The lowest BCUT2D eigenvalue weighted by atomic mass is 10.1. The van der Waals surface area contributed by atoms with Gasteiger partial charge in [0.15, 0.2) is 5.82 Å². The molecule has 0 atom stereocenters. The molecule has 1 amide bonds. The number of aromatic nitrogens is 5. The Morgan fingerprint density at radius 2 is 1.92 bits per heavy atom. The van der Waals surface area contributed by atoms with Crippen LogP contribution in [0.1, 0.15) is 43.7 Å². The normalized spacial score (nSPS) is 17.5. The Morgan fingerprint density at radius 3 is 2.68 bits per heavy atom. The van der Waals surface area contributed by atoms with Crippen LogP contribution in [0.15, 0.2) is 30.7 Å². The quantitative estimate of drug-likeness (QED) is 0.541. The third-order valence-electron chi connectivity index (χ3n) is 7.02. The molecule has 10 nitrogen and oxygen atoms in total. The van der Waals surface area contributed by atoms with Gasteiger partial charge in [0, 0.05) is 58.9 Å². The second-order valence-corrected chi connectivity index (χ2v) is 9.59. The van der Waals surface area contributed by atoms with Gasteiger partial charge in [0.2, 0.25) is 11.9 Å². The zero-order valence-electron chi connectivity index (χ0n) is 21.4. The highest BCUT2D eigenvalue weighted by Gasteiger charge is 2.24. The molecule has 0 bridgehead atoms. The highest BCUT2D eigenvalue weighted by molar-refractivity contribution is 5.73. The van der Waals surface area contributed by atoms with Crippen molar-refractivity contribution >= 4 is 17.5 Å². The molecule has 1 N–H and O–H groups in total. The van der Waals surface area contributed by atoms with E-state index in [0.717, 1.165) is 63.5 Å². The Kier molecular flexibility index (Phi) is 7.71. The minimum absolute atomic E-state index is 0.129. The van der Waals surface area contributed by atoms with Crippen LogP contribution < -0.4 is 5.32 Å². The molecule has 0 aliphatic carbocycles. The fraction of sp³-hybridized carbons (Fsp3) is 0.500. The van der Waals surface area contributed by atoms with Gasteiger partial charge in [0.1, 0.15) is 11.5 Å². The van der Waals surface area contributed by atoms with Crippen molar-refractivity contribution in [3.05, 3.63) is 48.1 Å². The van der Waals surface area contributed by atoms with Crippen molar-refractivity contribution in [3.63, 3.8) is 0 Å². The van der Waals surface area contributed by atoms with Crippen LogP contribution in [0.2, 0.25) is 0 Å². The predicted octanol–water partition coefficient (Wildman–Crippen LogP) is 3.33. The van der Waals surface area contributed by atoms with Crippen LogP contribution in [0.3, 0.4) is 0 Å². The average molecular weight is 509 g/mol. The highest BCUT2D eigenvalue weighted by Crippen LogP contribution is 2.31. The number of carbonyl (C=O) groups excluding carboxylic acids is 1. The Balaban J connectivity index is 1.27. The molecule has 3 aromatic rings. The van der Waals surface area contributed by atoms with E-state index in [0.29, 0.717) is 30.5 Å². The van der Waals surface area contributed by atoms with E-state index in [1.165, 1.54) is 6.20 Å². The Hall–Kier alpha value is -3.44. The number of nitrogens with zero attached hydrogens (tertiary/aromatic N) is 7. The van der Waals surface area contributed by atoms with E-state index in [-0.39, 0.29) is 17.6 Å². The number of nitrogens with one attached hydrogen (secondary N) is 1. The maximum Gasteiger partial charge on any atom is 0.228 e. The van der Waals surface area contributed by atoms with E-state index < -0.39 is 5.82 Å². The fourth-order valence-corrected chi connectivity index (χ4v) is 5.03. The number of hydrogen-bond acceptors (Lipinski definition) is 8. The molecular weight excluding hydrogens is 475 g/mol. The van der Waals surface area contributed by atoms with Gasteiger partial charge in [0.25, 0.3) is 0 Å². The van der Waals surface area contributed by atoms with Gasteiger partial charge in [0.05, 0.1) is 35.7 Å². The molecule has 0 spiro atoms. The number of amides is 1. The molecule has 5 rings (SSSR count). The van der Waals surface area contributed by atoms with Gasteiger partial charge in [-0.15, -0.1) is 0 Å². The van der Waals surface area contributed by atoms with E-state index in [9.17, 15) is 9.18 Å². The SMILES string of the molecule is CC(=O)N1CCCN(Cc2ccc(Nc3ncc(F)c(-c4cnc(C)n4C4CCOCC4)n3)cn2)CC1. The van der Waals surface area contributed by atoms with Gasteiger partial charge in [-0.05, 0) is 38.3 Å². The summed E-state index contributed by atoms with van der Waals surface area (Å²) in [6, 6.07) is 4.08. The van der Waals surface area contributed by atoms with Crippen molar-refractivity contribution < 1.29 is 13.9 Å². The number of hydrogen-bond donors (Lipinski definition) is 1. The molecule has 0 aromatic carbocycles. The Morgan fingerprint density at radius 1 is 1.08 bits per heavy atom. The summed E-state index contributed by atoms with van der Waals surface area (Å²) < 4.78 is 22.4. The van der Waals surface area contributed by atoms with Crippen molar-refractivity contribution in [2.24, 2.45) is 0 Å². The number of halogens is 1. The third-order valence-corrected chi connectivity index (χ3v) is 7.02. The molecule has 37 heavy (non-hydrogen) atoms.